The maximum atomic E-state index is 6.01. The zero-order valence-corrected chi connectivity index (χ0v) is 13.0. The summed E-state index contributed by atoms with van der Waals surface area (Å²) in [6, 6.07) is 7.87. The van der Waals surface area contributed by atoms with Crippen LogP contribution in [0.4, 0.5) is 5.95 Å². The lowest BCUT2D eigenvalue weighted by Crippen LogP contribution is -2.22. The highest BCUT2D eigenvalue weighted by Crippen LogP contribution is 2.30. The standard InChI is InChI=1S/C16H21N5/c1-10(2)16(3,4)9-13-19-14-11-7-5-6-8-12(11)18-15(17)21(14)20-13/h5-8,10H,9H2,1-4H3,(H2,17,18). The summed E-state index contributed by atoms with van der Waals surface area (Å²) >= 11 is 0. The van der Waals surface area contributed by atoms with E-state index < -0.39 is 0 Å². The molecule has 5 heteroatoms. The Morgan fingerprint density at radius 1 is 1.19 bits per heavy atom. The highest BCUT2D eigenvalue weighted by molar-refractivity contribution is 5.92. The number of benzene rings is 1. The number of rotatable bonds is 3. The molecule has 21 heavy (non-hydrogen) atoms. The van der Waals surface area contributed by atoms with Gasteiger partial charge in [-0.15, -0.1) is 5.10 Å². The molecule has 0 fully saturated rings. The van der Waals surface area contributed by atoms with Crippen LogP contribution in [0.2, 0.25) is 0 Å². The second-order valence-corrected chi connectivity index (χ2v) is 6.57. The van der Waals surface area contributed by atoms with E-state index in [9.17, 15) is 0 Å². The lowest BCUT2D eigenvalue weighted by atomic mass is 9.78. The molecular weight excluding hydrogens is 262 g/mol. The smallest absolute Gasteiger partial charge is 0.223 e. The van der Waals surface area contributed by atoms with E-state index >= 15 is 0 Å². The number of anilines is 1. The number of hydrogen-bond acceptors (Lipinski definition) is 4. The molecule has 0 bridgehead atoms. The Bertz CT molecular complexity index is 801. The van der Waals surface area contributed by atoms with Crippen LogP contribution in [0.3, 0.4) is 0 Å². The zero-order valence-electron chi connectivity index (χ0n) is 13.0. The predicted octanol–water partition coefficient (Wildman–Crippen LogP) is 3.08. The van der Waals surface area contributed by atoms with Crippen molar-refractivity contribution in [1.82, 2.24) is 19.6 Å². The van der Waals surface area contributed by atoms with Crippen LogP contribution < -0.4 is 5.73 Å². The summed E-state index contributed by atoms with van der Waals surface area (Å²) in [7, 11) is 0. The molecule has 3 aromatic rings. The van der Waals surface area contributed by atoms with Gasteiger partial charge in [0.25, 0.3) is 0 Å². The average molecular weight is 283 g/mol. The van der Waals surface area contributed by atoms with Crippen LogP contribution in [0.25, 0.3) is 16.6 Å². The van der Waals surface area contributed by atoms with Gasteiger partial charge in [-0.25, -0.2) is 9.97 Å². The van der Waals surface area contributed by atoms with Crippen molar-refractivity contribution in [2.24, 2.45) is 11.3 Å². The fraction of sp³-hybridized carbons (Fsp3) is 0.438. The molecule has 0 atom stereocenters. The molecule has 2 N–H and O–H groups in total. The predicted molar refractivity (Wildman–Crippen MR) is 85.0 cm³/mol. The first-order valence-corrected chi connectivity index (χ1v) is 7.28. The van der Waals surface area contributed by atoms with E-state index in [-0.39, 0.29) is 5.41 Å². The van der Waals surface area contributed by atoms with Crippen LogP contribution in [0.1, 0.15) is 33.5 Å². The van der Waals surface area contributed by atoms with E-state index in [1.165, 1.54) is 0 Å². The average Bonchev–Trinajstić information content (AvgIpc) is 2.82. The normalized spacial score (nSPS) is 12.6. The van der Waals surface area contributed by atoms with E-state index in [1.807, 2.05) is 24.3 Å². The minimum atomic E-state index is 0.142. The number of nitrogen functional groups attached to an aromatic ring is 1. The molecule has 0 aliphatic heterocycles. The first kappa shape index (κ1) is 13.8. The third-order valence-electron chi connectivity index (χ3n) is 4.42. The van der Waals surface area contributed by atoms with Gasteiger partial charge in [0.2, 0.25) is 5.95 Å². The second-order valence-electron chi connectivity index (χ2n) is 6.57. The molecule has 110 valence electrons. The highest BCUT2D eigenvalue weighted by atomic mass is 15.3. The molecule has 0 aliphatic rings. The lowest BCUT2D eigenvalue weighted by Gasteiger charge is -2.27. The molecule has 2 aromatic heterocycles. The quantitative estimate of drug-likeness (QED) is 0.802. The van der Waals surface area contributed by atoms with Crippen molar-refractivity contribution in [2.45, 2.75) is 34.1 Å². The SMILES string of the molecule is CC(C)C(C)(C)Cc1nc2c3ccccc3nc(N)n2n1. The van der Waals surface area contributed by atoms with Crippen molar-refractivity contribution in [3.8, 4) is 0 Å². The van der Waals surface area contributed by atoms with Gasteiger partial charge in [-0.05, 0) is 23.5 Å². The monoisotopic (exact) mass is 283 g/mol. The molecule has 5 nitrogen and oxygen atoms in total. The van der Waals surface area contributed by atoms with E-state index in [2.05, 4.69) is 37.8 Å². The second kappa shape index (κ2) is 4.69. The molecule has 0 unspecified atom stereocenters. The Hall–Kier alpha value is -2.17. The minimum Gasteiger partial charge on any atom is -0.368 e. The lowest BCUT2D eigenvalue weighted by molar-refractivity contribution is 0.243. The topological polar surface area (TPSA) is 69.1 Å². The van der Waals surface area contributed by atoms with E-state index in [1.54, 1.807) is 4.52 Å². The van der Waals surface area contributed by atoms with Gasteiger partial charge in [0.05, 0.1) is 5.52 Å². The van der Waals surface area contributed by atoms with Crippen molar-refractivity contribution in [3.63, 3.8) is 0 Å². The highest BCUT2D eigenvalue weighted by Gasteiger charge is 2.25. The van der Waals surface area contributed by atoms with Gasteiger partial charge in [-0.3, -0.25) is 0 Å². The zero-order chi connectivity index (χ0) is 15.2. The molecule has 0 spiro atoms. The molecule has 0 amide bonds. The maximum Gasteiger partial charge on any atom is 0.223 e. The van der Waals surface area contributed by atoms with Gasteiger partial charge in [0.1, 0.15) is 0 Å². The van der Waals surface area contributed by atoms with Gasteiger partial charge < -0.3 is 5.73 Å². The van der Waals surface area contributed by atoms with Crippen LogP contribution in [-0.4, -0.2) is 19.6 Å². The van der Waals surface area contributed by atoms with E-state index in [4.69, 9.17) is 10.7 Å². The van der Waals surface area contributed by atoms with Crippen molar-refractivity contribution < 1.29 is 0 Å². The minimum absolute atomic E-state index is 0.142. The number of aromatic nitrogens is 4. The largest absolute Gasteiger partial charge is 0.368 e. The molecule has 0 saturated heterocycles. The Labute approximate surface area is 124 Å². The third kappa shape index (κ3) is 2.33. The van der Waals surface area contributed by atoms with Crippen LogP contribution in [-0.2, 0) is 6.42 Å². The van der Waals surface area contributed by atoms with E-state index in [0.717, 1.165) is 28.8 Å². The Balaban J connectivity index is 2.16. The van der Waals surface area contributed by atoms with Crippen LogP contribution in [0.15, 0.2) is 24.3 Å². The van der Waals surface area contributed by atoms with Gasteiger partial charge in [-0.1, -0.05) is 39.8 Å². The van der Waals surface area contributed by atoms with Crippen molar-refractivity contribution in [1.29, 1.82) is 0 Å². The van der Waals surface area contributed by atoms with Gasteiger partial charge >= 0.3 is 0 Å². The summed E-state index contributed by atoms with van der Waals surface area (Å²) in [4.78, 5) is 9.09. The summed E-state index contributed by atoms with van der Waals surface area (Å²) in [5, 5.41) is 5.53. The number of hydrogen-bond donors (Lipinski definition) is 1. The molecule has 2 heterocycles. The van der Waals surface area contributed by atoms with Crippen LogP contribution in [0.5, 0.6) is 0 Å². The van der Waals surface area contributed by atoms with Gasteiger partial charge in [0.15, 0.2) is 11.5 Å². The first-order chi connectivity index (χ1) is 9.88. The van der Waals surface area contributed by atoms with Crippen LogP contribution in [0, 0.1) is 11.3 Å². The molecule has 0 aliphatic carbocycles. The Kier molecular flexibility index (Phi) is 3.08. The molecule has 0 saturated carbocycles. The Morgan fingerprint density at radius 2 is 1.90 bits per heavy atom. The number of para-hydroxylation sites is 1. The van der Waals surface area contributed by atoms with Crippen molar-refractivity contribution >= 4 is 22.5 Å². The fourth-order valence-electron chi connectivity index (χ4n) is 2.31. The Morgan fingerprint density at radius 3 is 2.62 bits per heavy atom. The van der Waals surface area contributed by atoms with Crippen LogP contribution >= 0.6 is 0 Å². The molecule has 0 radical (unpaired) electrons. The summed E-state index contributed by atoms with van der Waals surface area (Å²) in [6.07, 6.45) is 0.820. The molecule has 1 aromatic carbocycles. The van der Waals surface area contributed by atoms with Gasteiger partial charge in [0, 0.05) is 11.8 Å². The molecular formula is C16H21N5. The van der Waals surface area contributed by atoms with Gasteiger partial charge in [-0.2, -0.15) is 4.52 Å². The fourth-order valence-corrected chi connectivity index (χ4v) is 2.31. The third-order valence-corrected chi connectivity index (χ3v) is 4.42. The summed E-state index contributed by atoms with van der Waals surface area (Å²) in [6.45, 7) is 8.92. The number of nitrogens with two attached hydrogens (primary N) is 1. The number of nitrogens with zero attached hydrogens (tertiary/aromatic N) is 4. The summed E-state index contributed by atoms with van der Waals surface area (Å²) in [5.74, 6) is 1.75. The maximum absolute atomic E-state index is 6.01. The summed E-state index contributed by atoms with van der Waals surface area (Å²) in [5.41, 5.74) is 7.79. The first-order valence-electron chi connectivity index (χ1n) is 7.28. The van der Waals surface area contributed by atoms with Crippen molar-refractivity contribution in [3.05, 3.63) is 30.1 Å². The summed E-state index contributed by atoms with van der Waals surface area (Å²) < 4.78 is 1.65. The number of fused-ring (bicyclic) bond motifs is 3. The van der Waals surface area contributed by atoms with E-state index in [0.29, 0.717) is 11.9 Å². The molecule has 3 rings (SSSR count). The van der Waals surface area contributed by atoms with Crippen molar-refractivity contribution in [2.75, 3.05) is 5.73 Å².